The van der Waals surface area contributed by atoms with Crippen molar-refractivity contribution in [2.45, 2.75) is 6.92 Å². The Hall–Kier alpha value is -2.73. The monoisotopic (exact) mass is 363 g/mol. The number of aryl methyl sites for hydroxylation is 1. The molecule has 0 saturated heterocycles. The molecular formula is C18H18ClNO5. The van der Waals surface area contributed by atoms with E-state index in [-0.39, 0.29) is 6.61 Å². The van der Waals surface area contributed by atoms with E-state index >= 15 is 0 Å². The SMILES string of the molecule is COc1ccc(NC(=O)COC(=O)COc2ccc(Cl)cc2C)cc1. The summed E-state index contributed by atoms with van der Waals surface area (Å²) in [5.41, 5.74) is 1.38. The smallest absolute Gasteiger partial charge is 0.344 e. The Morgan fingerprint density at radius 3 is 2.44 bits per heavy atom. The van der Waals surface area contributed by atoms with E-state index in [9.17, 15) is 9.59 Å². The van der Waals surface area contributed by atoms with Gasteiger partial charge in [-0.2, -0.15) is 0 Å². The number of carbonyl (C=O) groups excluding carboxylic acids is 2. The number of carbonyl (C=O) groups is 2. The number of anilines is 1. The van der Waals surface area contributed by atoms with Gasteiger partial charge in [-0.3, -0.25) is 4.79 Å². The fourth-order valence-corrected chi connectivity index (χ4v) is 2.20. The predicted octanol–water partition coefficient (Wildman–Crippen LogP) is 3.22. The highest BCUT2D eigenvalue weighted by atomic mass is 35.5. The van der Waals surface area contributed by atoms with Crippen molar-refractivity contribution < 1.29 is 23.8 Å². The zero-order valence-corrected chi connectivity index (χ0v) is 14.6. The van der Waals surface area contributed by atoms with Crippen molar-refractivity contribution in [3.8, 4) is 11.5 Å². The third-order valence-corrected chi connectivity index (χ3v) is 3.46. The van der Waals surface area contributed by atoms with Crippen LogP contribution in [-0.2, 0) is 14.3 Å². The number of rotatable bonds is 7. The lowest BCUT2D eigenvalue weighted by Gasteiger charge is -2.10. The topological polar surface area (TPSA) is 73.9 Å². The second-order valence-corrected chi connectivity index (χ2v) is 5.57. The van der Waals surface area contributed by atoms with Gasteiger partial charge in [0, 0.05) is 10.7 Å². The molecule has 0 fully saturated rings. The van der Waals surface area contributed by atoms with Crippen LogP contribution in [0.15, 0.2) is 42.5 Å². The first kappa shape index (κ1) is 18.6. The van der Waals surface area contributed by atoms with Gasteiger partial charge in [0.15, 0.2) is 13.2 Å². The Labute approximate surface area is 150 Å². The van der Waals surface area contributed by atoms with E-state index < -0.39 is 18.5 Å². The molecule has 1 amide bonds. The fourth-order valence-electron chi connectivity index (χ4n) is 1.97. The largest absolute Gasteiger partial charge is 0.497 e. The van der Waals surface area contributed by atoms with Crippen molar-refractivity contribution in [2.75, 3.05) is 25.6 Å². The molecule has 0 radical (unpaired) electrons. The number of hydrogen-bond donors (Lipinski definition) is 1. The normalized spacial score (nSPS) is 10.0. The van der Waals surface area contributed by atoms with E-state index in [1.807, 2.05) is 6.92 Å². The quantitative estimate of drug-likeness (QED) is 0.764. The second-order valence-electron chi connectivity index (χ2n) is 5.14. The molecule has 0 aliphatic carbocycles. The van der Waals surface area contributed by atoms with Gasteiger partial charge in [-0.05, 0) is 55.0 Å². The molecule has 0 spiro atoms. The lowest BCUT2D eigenvalue weighted by Crippen LogP contribution is -2.23. The highest BCUT2D eigenvalue weighted by molar-refractivity contribution is 6.30. The summed E-state index contributed by atoms with van der Waals surface area (Å²) in [6.07, 6.45) is 0. The zero-order valence-electron chi connectivity index (χ0n) is 13.9. The molecule has 25 heavy (non-hydrogen) atoms. The maximum atomic E-state index is 11.8. The minimum absolute atomic E-state index is 0.293. The molecule has 0 aromatic heterocycles. The molecule has 0 aliphatic heterocycles. The standard InChI is InChI=1S/C18H18ClNO5/c1-12-9-13(19)3-8-16(12)24-11-18(22)25-10-17(21)20-14-4-6-15(23-2)7-5-14/h3-9H,10-11H2,1-2H3,(H,20,21). The fraction of sp³-hybridized carbons (Fsp3) is 0.222. The summed E-state index contributed by atoms with van der Waals surface area (Å²) < 4.78 is 15.3. The van der Waals surface area contributed by atoms with E-state index in [1.54, 1.807) is 49.6 Å². The first-order chi connectivity index (χ1) is 12.0. The van der Waals surface area contributed by atoms with Gasteiger partial charge in [0.2, 0.25) is 0 Å². The summed E-state index contributed by atoms with van der Waals surface area (Å²) in [4.78, 5) is 23.4. The van der Waals surface area contributed by atoms with Gasteiger partial charge in [-0.25, -0.2) is 4.79 Å². The van der Waals surface area contributed by atoms with Crippen LogP contribution >= 0.6 is 11.6 Å². The maximum absolute atomic E-state index is 11.8. The van der Waals surface area contributed by atoms with E-state index in [2.05, 4.69) is 5.32 Å². The minimum Gasteiger partial charge on any atom is -0.497 e. The summed E-state index contributed by atoms with van der Waals surface area (Å²) in [5.74, 6) is 0.128. The molecule has 6 nitrogen and oxygen atoms in total. The Balaban J connectivity index is 1.74. The van der Waals surface area contributed by atoms with Gasteiger partial charge in [0.05, 0.1) is 7.11 Å². The second kappa shape index (κ2) is 8.94. The Morgan fingerprint density at radius 1 is 1.08 bits per heavy atom. The molecule has 0 unspecified atom stereocenters. The summed E-state index contributed by atoms with van der Waals surface area (Å²) in [6.45, 7) is 1.13. The molecule has 0 aliphatic rings. The first-order valence-corrected chi connectivity index (χ1v) is 7.84. The van der Waals surface area contributed by atoms with Gasteiger partial charge in [0.25, 0.3) is 5.91 Å². The van der Waals surface area contributed by atoms with E-state index in [0.29, 0.717) is 22.2 Å². The highest BCUT2D eigenvalue weighted by Gasteiger charge is 2.10. The summed E-state index contributed by atoms with van der Waals surface area (Å²) in [5, 5.41) is 3.20. The number of esters is 1. The number of benzene rings is 2. The summed E-state index contributed by atoms with van der Waals surface area (Å²) >= 11 is 5.85. The van der Waals surface area contributed by atoms with Crippen molar-refractivity contribution in [3.05, 3.63) is 53.1 Å². The van der Waals surface area contributed by atoms with Crippen LogP contribution < -0.4 is 14.8 Å². The third-order valence-electron chi connectivity index (χ3n) is 3.22. The molecule has 0 saturated carbocycles. The van der Waals surface area contributed by atoms with E-state index in [4.69, 9.17) is 25.8 Å². The number of ether oxygens (including phenoxy) is 3. The summed E-state index contributed by atoms with van der Waals surface area (Å²) in [6, 6.07) is 11.9. The van der Waals surface area contributed by atoms with Crippen molar-refractivity contribution in [2.24, 2.45) is 0 Å². The molecule has 2 rings (SSSR count). The number of nitrogens with one attached hydrogen (secondary N) is 1. The van der Waals surface area contributed by atoms with Crippen molar-refractivity contribution in [1.29, 1.82) is 0 Å². The summed E-state index contributed by atoms with van der Waals surface area (Å²) in [7, 11) is 1.56. The van der Waals surface area contributed by atoms with Gasteiger partial charge in [-0.1, -0.05) is 11.6 Å². The average molecular weight is 364 g/mol. The van der Waals surface area contributed by atoms with Crippen LogP contribution in [0.5, 0.6) is 11.5 Å². The van der Waals surface area contributed by atoms with Crippen molar-refractivity contribution >= 4 is 29.2 Å². The zero-order chi connectivity index (χ0) is 18.2. The number of methoxy groups -OCH3 is 1. The molecule has 132 valence electrons. The Kier molecular flexibility index (Phi) is 6.65. The molecule has 1 N–H and O–H groups in total. The van der Waals surface area contributed by atoms with E-state index in [1.165, 1.54) is 0 Å². The predicted molar refractivity (Wildman–Crippen MR) is 94.3 cm³/mol. The number of amides is 1. The molecule has 0 heterocycles. The van der Waals surface area contributed by atoms with Crippen molar-refractivity contribution in [3.63, 3.8) is 0 Å². The third kappa shape index (κ3) is 6.00. The molecule has 2 aromatic rings. The molecule has 2 aromatic carbocycles. The average Bonchev–Trinajstić information content (AvgIpc) is 2.60. The molecule has 0 bridgehead atoms. The van der Waals surface area contributed by atoms with Crippen LogP contribution in [0.3, 0.4) is 0 Å². The van der Waals surface area contributed by atoms with Crippen LogP contribution in [0.2, 0.25) is 5.02 Å². The van der Waals surface area contributed by atoms with Gasteiger partial charge >= 0.3 is 5.97 Å². The van der Waals surface area contributed by atoms with Gasteiger partial charge < -0.3 is 19.5 Å². The lowest BCUT2D eigenvalue weighted by molar-refractivity contribution is -0.149. The maximum Gasteiger partial charge on any atom is 0.344 e. The van der Waals surface area contributed by atoms with Crippen LogP contribution in [0.25, 0.3) is 0 Å². The van der Waals surface area contributed by atoms with Crippen LogP contribution in [0, 0.1) is 6.92 Å². The highest BCUT2D eigenvalue weighted by Crippen LogP contribution is 2.21. The molecular weight excluding hydrogens is 346 g/mol. The van der Waals surface area contributed by atoms with E-state index in [0.717, 1.165) is 5.56 Å². The lowest BCUT2D eigenvalue weighted by atomic mass is 10.2. The molecule has 7 heteroatoms. The van der Waals surface area contributed by atoms with Crippen LogP contribution in [0.4, 0.5) is 5.69 Å². The van der Waals surface area contributed by atoms with Crippen molar-refractivity contribution in [1.82, 2.24) is 0 Å². The number of halogens is 1. The van der Waals surface area contributed by atoms with Crippen LogP contribution in [0.1, 0.15) is 5.56 Å². The Bertz CT molecular complexity index is 746. The number of hydrogen-bond acceptors (Lipinski definition) is 5. The molecule has 0 atom stereocenters. The minimum atomic E-state index is -0.640. The first-order valence-electron chi connectivity index (χ1n) is 7.46. The van der Waals surface area contributed by atoms with Gasteiger partial charge in [0.1, 0.15) is 11.5 Å². The Morgan fingerprint density at radius 2 is 1.80 bits per heavy atom. The van der Waals surface area contributed by atoms with Crippen LogP contribution in [-0.4, -0.2) is 32.2 Å². The van der Waals surface area contributed by atoms with Gasteiger partial charge in [-0.15, -0.1) is 0 Å².